The molecule has 0 radical (unpaired) electrons. The van der Waals surface area contributed by atoms with Gasteiger partial charge in [-0.3, -0.25) is 0 Å². The summed E-state index contributed by atoms with van der Waals surface area (Å²) in [6, 6.07) is 10.3. The van der Waals surface area contributed by atoms with Gasteiger partial charge in [0.15, 0.2) is 5.79 Å². The van der Waals surface area contributed by atoms with Gasteiger partial charge in [0, 0.05) is 19.6 Å². The average molecular weight is 350 g/mol. The van der Waals surface area contributed by atoms with Gasteiger partial charge in [-0.15, -0.1) is 0 Å². The SMILES string of the molecule is CC1(C)OCC(CCO)(CCCCCCCOCc2ccccc2)O1. The number of unbranched alkanes of at least 4 members (excludes halogenated alkanes) is 4. The molecule has 1 unspecified atom stereocenters. The maximum absolute atomic E-state index is 9.32. The van der Waals surface area contributed by atoms with Gasteiger partial charge in [0.2, 0.25) is 0 Å². The summed E-state index contributed by atoms with van der Waals surface area (Å²) in [4.78, 5) is 0. The third-order valence-electron chi connectivity index (χ3n) is 4.75. The zero-order valence-corrected chi connectivity index (χ0v) is 15.8. The Morgan fingerprint density at radius 2 is 1.72 bits per heavy atom. The average Bonchev–Trinajstić information content (AvgIpc) is 2.90. The third kappa shape index (κ3) is 7.45. The molecule has 1 heterocycles. The van der Waals surface area contributed by atoms with E-state index >= 15 is 0 Å². The molecular weight excluding hydrogens is 316 g/mol. The summed E-state index contributed by atoms with van der Waals surface area (Å²) >= 11 is 0. The molecule has 1 aliphatic heterocycles. The van der Waals surface area contributed by atoms with E-state index in [1.54, 1.807) is 0 Å². The zero-order chi connectivity index (χ0) is 18.0. The van der Waals surface area contributed by atoms with Gasteiger partial charge in [0.1, 0.15) is 0 Å². The molecule has 0 spiro atoms. The Hall–Kier alpha value is -0.940. The highest BCUT2D eigenvalue weighted by atomic mass is 16.8. The first-order valence-corrected chi connectivity index (χ1v) is 9.62. The minimum Gasteiger partial charge on any atom is -0.396 e. The topological polar surface area (TPSA) is 47.9 Å². The lowest BCUT2D eigenvalue weighted by Gasteiger charge is -2.28. The molecule has 2 rings (SSSR count). The highest BCUT2D eigenvalue weighted by molar-refractivity contribution is 5.13. The van der Waals surface area contributed by atoms with E-state index in [1.165, 1.54) is 24.8 Å². The van der Waals surface area contributed by atoms with Crippen molar-refractivity contribution in [2.45, 2.75) is 76.8 Å². The Balaban J connectivity index is 1.50. The van der Waals surface area contributed by atoms with E-state index < -0.39 is 5.79 Å². The number of aliphatic hydroxyl groups excluding tert-OH is 1. The molecule has 4 nitrogen and oxygen atoms in total. The molecular formula is C21H34O4. The maximum Gasteiger partial charge on any atom is 0.163 e. The highest BCUT2D eigenvalue weighted by Crippen LogP contribution is 2.37. The van der Waals surface area contributed by atoms with Gasteiger partial charge in [0.25, 0.3) is 0 Å². The lowest BCUT2D eigenvalue weighted by molar-refractivity contribution is -0.165. The molecule has 0 saturated carbocycles. The molecule has 1 N–H and O–H groups in total. The third-order valence-corrected chi connectivity index (χ3v) is 4.75. The number of rotatable bonds is 12. The van der Waals surface area contributed by atoms with Crippen molar-refractivity contribution in [1.29, 1.82) is 0 Å². The zero-order valence-electron chi connectivity index (χ0n) is 15.8. The van der Waals surface area contributed by atoms with E-state index in [9.17, 15) is 5.11 Å². The molecule has 0 aliphatic carbocycles. The van der Waals surface area contributed by atoms with Crippen molar-refractivity contribution >= 4 is 0 Å². The molecule has 0 amide bonds. The van der Waals surface area contributed by atoms with Crippen LogP contribution < -0.4 is 0 Å². The quantitative estimate of drug-likeness (QED) is 0.566. The van der Waals surface area contributed by atoms with Gasteiger partial charge in [-0.05, 0) is 32.3 Å². The first-order valence-electron chi connectivity index (χ1n) is 9.62. The van der Waals surface area contributed by atoms with Crippen LogP contribution in [0.25, 0.3) is 0 Å². The molecule has 1 aromatic carbocycles. The normalized spacial score (nSPS) is 22.4. The molecule has 1 aromatic rings. The van der Waals surface area contributed by atoms with Crippen LogP contribution in [-0.4, -0.2) is 36.3 Å². The summed E-state index contributed by atoms with van der Waals surface area (Å²) in [7, 11) is 0. The molecule has 1 aliphatic rings. The van der Waals surface area contributed by atoms with Crippen molar-refractivity contribution < 1.29 is 19.3 Å². The van der Waals surface area contributed by atoms with E-state index in [2.05, 4.69) is 12.1 Å². The van der Waals surface area contributed by atoms with Crippen LogP contribution in [0.1, 0.15) is 64.4 Å². The predicted molar refractivity (Wildman–Crippen MR) is 99.3 cm³/mol. The molecule has 25 heavy (non-hydrogen) atoms. The van der Waals surface area contributed by atoms with E-state index in [1.807, 2.05) is 32.0 Å². The number of ether oxygens (including phenoxy) is 3. The number of hydrogen-bond donors (Lipinski definition) is 1. The summed E-state index contributed by atoms with van der Waals surface area (Å²) < 4.78 is 17.5. The second kappa shape index (κ2) is 10.3. The number of aliphatic hydroxyl groups is 1. The Bertz CT molecular complexity index is 474. The second-order valence-electron chi connectivity index (χ2n) is 7.50. The van der Waals surface area contributed by atoms with Crippen LogP contribution in [-0.2, 0) is 20.8 Å². The molecule has 1 atom stereocenters. The first-order chi connectivity index (χ1) is 12.1. The minimum atomic E-state index is -0.523. The second-order valence-corrected chi connectivity index (χ2v) is 7.50. The molecule has 1 saturated heterocycles. The Morgan fingerprint density at radius 1 is 1.00 bits per heavy atom. The predicted octanol–water partition coefficient (Wildman–Crippen LogP) is 4.45. The smallest absolute Gasteiger partial charge is 0.163 e. The fraction of sp³-hybridized carbons (Fsp3) is 0.714. The summed E-state index contributed by atoms with van der Waals surface area (Å²) in [6.45, 7) is 6.17. The van der Waals surface area contributed by atoms with Crippen LogP contribution >= 0.6 is 0 Å². The molecule has 0 bridgehead atoms. The van der Waals surface area contributed by atoms with E-state index in [0.717, 1.165) is 25.9 Å². The standard InChI is InChI=1S/C21H34O4/c1-20(2)24-18-21(25-20,14-15-22)13-9-4-3-5-10-16-23-17-19-11-7-6-8-12-19/h6-8,11-12,22H,3-5,9-10,13-18H2,1-2H3. The van der Waals surface area contributed by atoms with Gasteiger partial charge < -0.3 is 19.3 Å². The lowest BCUT2D eigenvalue weighted by atomic mass is 9.93. The van der Waals surface area contributed by atoms with Crippen molar-refractivity contribution in [2.75, 3.05) is 19.8 Å². The Labute approximate surface area is 152 Å². The molecule has 0 aromatic heterocycles. The van der Waals surface area contributed by atoms with Crippen LogP contribution in [0.2, 0.25) is 0 Å². The molecule has 1 fully saturated rings. The van der Waals surface area contributed by atoms with E-state index in [0.29, 0.717) is 19.6 Å². The van der Waals surface area contributed by atoms with Crippen molar-refractivity contribution in [1.82, 2.24) is 0 Å². The van der Waals surface area contributed by atoms with Gasteiger partial charge in [0.05, 0.1) is 18.8 Å². The van der Waals surface area contributed by atoms with Crippen LogP contribution in [0.5, 0.6) is 0 Å². The minimum absolute atomic E-state index is 0.151. The van der Waals surface area contributed by atoms with Crippen molar-refractivity contribution in [3.05, 3.63) is 35.9 Å². The first kappa shape index (κ1) is 20.4. The fourth-order valence-corrected chi connectivity index (χ4v) is 3.41. The fourth-order valence-electron chi connectivity index (χ4n) is 3.41. The monoisotopic (exact) mass is 350 g/mol. The summed E-state index contributed by atoms with van der Waals surface area (Å²) in [5.74, 6) is -0.523. The van der Waals surface area contributed by atoms with E-state index in [4.69, 9.17) is 14.2 Å². The number of hydrogen-bond acceptors (Lipinski definition) is 4. The van der Waals surface area contributed by atoms with Gasteiger partial charge in [-0.25, -0.2) is 0 Å². The molecule has 4 heteroatoms. The van der Waals surface area contributed by atoms with Crippen molar-refractivity contribution in [2.24, 2.45) is 0 Å². The van der Waals surface area contributed by atoms with Crippen molar-refractivity contribution in [3.63, 3.8) is 0 Å². The summed E-state index contributed by atoms with van der Waals surface area (Å²) in [6.07, 6.45) is 7.45. The van der Waals surface area contributed by atoms with Gasteiger partial charge in [-0.2, -0.15) is 0 Å². The van der Waals surface area contributed by atoms with Crippen LogP contribution in [0.4, 0.5) is 0 Å². The van der Waals surface area contributed by atoms with Crippen LogP contribution in [0, 0.1) is 0 Å². The molecule has 142 valence electrons. The Morgan fingerprint density at radius 3 is 2.40 bits per heavy atom. The Kier molecular flexibility index (Phi) is 8.37. The summed E-state index contributed by atoms with van der Waals surface area (Å²) in [5.41, 5.74) is 0.940. The van der Waals surface area contributed by atoms with E-state index in [-0.39, 0.29) is 12.2 Å². The largest absolute Gasteiger partial charge is 0.396 e. The van der Waals surface area contributed by atoms with Gasteiger partial charge >= 0.3 is 0 Å². The van der Waals surface area contributed by atoms with Crippen LogP contribution in [0.15, 0.2) is 30.3 Å². The lowest BCUT2D eigenvalue weighted by Crippen LogP contribution is -2.35. The van der Waals surface area contributed by atoms with Crippen molar-refractivity contribution in [3.8, 4) is 0 Å². The summed E-state index contributed by atoms with van der Waals surface area (Å²) in [5, 5.41) is 9.32. The van der Waals surface area contributed by atoms with Crippen LogP contribution in [0.3, 0.4) is 0 Å². The van der Waals surface area contributed by atoms with Gasteiger partial charge in [-0.1, -0.05) is 56.0 Å². The maximum atomic E-state index is 9.32. The highest BCUT2D eigenvalue weighted by Gasteiger charge is 2.44. The number of benzene rings is 1.